The van der Waals surface area contributed by atoms with Crippen molar-refractivity contribution in [1.82, 2.24) is 10.6 Å². The average molecular weight is 353 g/mol. The maximum absolute atomic E-state index is 11.6. The Balaban J connectivity index is 0.00000400. The molecule has 0 aliphatic carbocycles. The van der Waals surface area contributed by atoms with Crippen molar-refractivity contribution >= 4 is 41.7 Å². The number of halogens is 2. The van der Waals surface area contributed by atoms with E-state index >= 15 is 0 Å². The molecule has 0 saturated heterocycles. The van der Waals surface area contributed by atoms with E-state index in [1.165, 1.54) is 0 Å². The number of carbonyl (C=O) groups excluding carboxylic acids is 1. The van der Waals surface area contributed by atoms with E-state index in [2.05, 4.69) is 10.6 Å². The first-order valence-corrected chi connectivity index (χ1v) is 7.94. The highest BCUT2D eigenvalue weighted by atomic mass is 35.5. The van der Waals surface area contributed by atoms with E-state index in [0.717, 1.165) is 28.8 Å². The van der Waals surface area contributed by atoms with Crippen LogP contribution in [0.25, 0.3) is 0 Å². The predicted molar refractivity (Wildman–Crippen MR) is 91.8 cm³/mol. The number of hydrogen-bond acceptors (Lipinski definition) is 4. The van der Waals surface area contributed by atoms with Crippen LogP contribution in [0.5, 0.6) is 0 Å². The first kappa shape index (κ1) is 20.5. The highest BCUT2D eigenvalue weighted by Crippen LogP contribution is 2.26. The maximum Gasteiger partial charge on any atom is 0.220 e. The first-order valence-electron chi connectivity index (χ1n) is 6.57. The quantitative estimate of drug-likeness (QED) is 0.502. The van der Waals surface area contributed by atoms with Crippen molar-refractivity contribution < 1.29 is 9.53 Å². The van der Waals surface area contributed by atoms with Gasteiger partial charge in [0.05, 0.1) is 11.6 Å². The molecule has 0 saturated carbocycles. The third kappa shape index (κ3) is 9.98. The Morgan fingerprint density at radius 3 is 2.76 bits per heavy atom. The summed E-state index contributed by atoms with van der Waals surface area (Å²) in [4.78, 5) is 12.6. The van der Waals surface area contributed by atoms with Crippen molar-refractivity contribution in [2.24, 2.45) is 0 Å². The Morgan fingerprint density at radius 2 is 2.05 bits per heavy atom. The van der Waals surface area contributed by atoms with E-state index in [1.807, 2.05) is 24.3 Å². The Kier molecular flexibility index (Phi) is 12.9. The monoisotopic (exact) mass is 352 g/mol. The number of benzene rings is 1. The van der Waals surface area contributed by atoms with Crippen molar-refractivity contribution in [3.8, 4) is 0 Å². The molecule has 2 N–H and O–H groups in total. The fourth-order valence-electron chi connectivity index (χ4n) is 1.49. The van der Waals surface area contributed by atoms with Crippen LogP contribution in [-0.2, 0) is 9.53 Å². The Labute approximate surface area is 141 Å². The molecule has 0 aromatic heterocycles. The van der Waals surface area contributed by atoms with Gasteiger partial charge in [0, 0.05) is 43.8 Å². The number of hydrogen-bond donors (Lipinski definition) is 2. The predicted octanol–water partition coefficient (Wildman–Crippen LogP) is 2.60. The molecule has 0 aliphatic heterocycles. The van der Waals surface area contributed by atoms with Crippen LogP contribution in [0.15, 0.2) is 29.2 Å². The van der Waals surface area contributed by atoms with Gasteiger partial charge in [0.1, 0.15) is 0 Å². The molecule has 0 bridgehead atoms. The maximum atomic E-state index is 11.6. The molecule has 0 radical (unpaired) electrons. The molecule has 1 aromatic carbocycles. The van der Waals surface area contributed by atoms with E-state index in [-0.39, 0.29) is 18.3 Å². The lowest BCUT2D eigenvalue weighted by atomic mass is 10.4. The third-order valence-electron chi connectivity index (χ3n) is 2.53. The van der Waals surface area contributed by atoms with E-state index in [1.54, 1.807) is 18.9 Å². The van der Waals surface area contributed by atoms with Gasteiger partial charge >= 0.3 is 0 Å². The lowest BCUT2D eigenvalue weighted by Crippen LogP contribution is -2.33. The molecule has 120 valence electrons. The zero-order valence-electron chi connectivity index (χ0n) is 12.1. The second-order valence-corrected chi connectivity index (χ2v) is 5.67. The average Bonchev–Trinajstić information content (AvgIpc) is 2.45. The van der Waals surface area contributed by atoms with Gasteiger partial charge in [-0.2, -0.15) is 0 Å². The van der Waals surface area contributed by atoms with Crippen molar-refractivity contribution in [3.63, 3.8) is 0 Å². The first-order chi connectivity index (χ1) is 9.74. The molecular formula is C14H22Cl2N2O2S. The molecule has 1 amide bonds. The number of methoxy groups -OCH3 is 1. The van der Waals surface area contributed by atoms with Gasteiger partial charge in [-0.25, -0.2) is 0 Å². The highest BCUT2D eigenvalue weighted by Gasteiger charge is 2.03. The standard InChI is InChI=1S/C14H21ClN2O2S.ClH/c1-19-10-9-16-7-8-17-14(18)6-11-20-13-5-3-2-4-12(13)15;/h2-5,16H,6-11H2,1H3,(H,17,18);1H. The molecule has 0 spiro atoms. The van der Waals surface area contributed by atoms with Gasteiger partial charge in [0.2, 0.25) is 5.91 Å². The molecule has 21 heavy (non-hydrogen) atoms. The molecular weight excluding hydrogens is 331 g/mol. The van der Waals surface area contributed by atoms with E-state index in [4.69, 9.17) is 16.3 Å². The molecule has 0 heterocycles. The smallest absolute Gasteiger partial charge is 0.220 e. The molecule has 0 fully saturated rings. The summed E-state index contributed by atoms with van der Waals surface area (Å²) in [7, 11) is 1.67. The summed E-state index contributed by atoms with van der Waals surface area (Å²) in [5, 5.41) is 6.78. The van der Waals surface area contributed by atoms with Crippen molar-refractivity contribution in [3.05, 3.63) is 29.3 Å². The fourth-order valence-corrected chi connectivity index (χ4v) is 2.68. The summed E-state index contributed by atoms with van der Waals surface area (Å²) < 4.78 is 4.91. The van der Waals surface area contributed by atoms with E-state index < -0.39 is 0 Å². The fraction of sp³-hybridized carbons (Fsp3) is 0.500. The Bertz CT molecular complexity index is 408. The summed E-state index contributed by atoms with van der Waals surface area (Å²) in [6, 6.07) is 7.66. The molecule has 1 aromatic rings. The minimum atomic E-state index is 0. The molecule has 7 heteroatoms. The summed E-state index contributed by atoms with van der Waals surface area (Å²) >= 11 is 7.64. The van der Waals surface area contributed by atoms with Gasteiger partial charge in [-0.1, -0.05) is 23.7 Å². The van der Waals surface area contributed by atoms with Crippen LogP contribution in [-0.4, -0.2) is 45.0 Å². The van der Waals surface area contributed by atoms with Crippen LogP contribution in [0.1, 0.15) is 6.42 Å². The number of ether oxygens (including phenoxy) is 1. The molecule has 4 nitrogen and oxygen atoms in total. The molecule has 0 atom stereocenters. The van der Waals surface area contributed by atoms with Crippen LogP contribution in [0.4, 0.5) is 0 Å². The summed E-state index contributed by atoms with van der Waals surface area (Å²) in [6.45, 7) is 2.88. The van der Waals surface area contributed by atoms with Gasteiger partial charge in [0.25, 0.3) is 0 Å². The zero-order chi connectivity index (χ0) is 14.6. The number of amides is 1. The third-order valence-corrected chi connectivity index (χ3v) is 4.05. The van der Waals surface area contributed by atoms with Gasteiger partial charge in [-0.15, -0.1) is 24.2 Å². The topological polar surface area (TPSA) is 50.4 Å². The summed E-state index contributed by atoms with van der Waals surface area (Å²) in [5.74, 6) is 0.797. The van der Waals surface area contributed by atoms with Crippen LogP contribution in [0.3, 0.4) is 0 Å². The van der Waals surface area contributed by atoms with E-state index in [9.17, 15) is 4.79 Å². The largest absolute Gasteiger partial charge is 0.383 e. The Hall–Kier alpha value is -0.460. The zero-order valence-corrected chi connectivity index (χ0v) is 14.5. The van der Waals surface area contributed by atoms with Crippen LogP contribution >= 0.6 is 35.8 Å². The Morgan fingerprint density at radius 1 is 1.29 bits per heavy atom. The number of nitrogens with one attached hydrogen (secondary N) is 2. The number of rotatable bonds is 10. The molecule has 0 aliphatic rings. The van der Waals surface area contributed by atoms with Gasteiger partial charge < -0.3 is 15.4 Å². The normalized spacial score (nSPS) is 10.0. The molecule has 1 rings (SSSR count). The van der Waals surface area contributed by atoms with Gasteiger partial charge in [0.15, 0.2) is 0 Å². The lowest BCUT2D eigenvalue weighted by Gasteiger charge is -2.07. The van der Waals surface area contributed by atoms with Crippen LogP contribution < -0.4 is 10.6 Å². The van der Waals surface area contributed by atoms with Crippen molar-refractivity contribution in [1.29, 1.82) is 0 Å². The van der Waals surface area contributed by atoms with Gasteiger partial charge in [-0.3, -0.25) is 4.79 Å². The number of carbonyl (C=O) groups is 1. The lowest BCUT2D eigenvalue weighted by molar-refractivity contribution is -0.120. The second-order valence-electron chi connectivity index (χ2n) is 4.12. The molecule has 0 unspecified atom stereocenters. The second kappa shape index (κ2) is 13.2. The summed E-state index contributed by atoms with van der Waals surface area (Å²) in [5.41, 5.74) is 0. The minimum Gasteiger partial charge on any atom is -0.383 e. The van der Waals surface area contributed by atoms with Crippen molar-refractivity contribution in [2.75, 3.05) is 39.1 Å². The SMILES string of the molecule is COCCNCCNC(=O)CCSc1ccccc1Cl.Cl. The van der Waals surface area contributed by atoms with Gasteiger partial charge in [-0.05, 0) is 12.1 Å². The van der Waals surface area contributed by atoms with Crippen LogP contribution in [0.2, 0.25) is 5.02 Å². The summed E-state index contributed by atoms with van der Waals surface area (Å²) in [6.07, 6.45) is 0.494. The minimum absolute atomic E-state index is 0. The number of thioether (sulfide) groups is 1. The van der Waals surface area contributed by atoms with Crippen LogP contribution in [0, 0.1) is 0 Å². The highest BCUT2D eigenvalue weighted by molar-refractivity contribution is 7.99. The van der Waals surface area contributed by atoms with Crippen molar-refractivity contribution in [2.45, 2.75) is 11.3 Å². The van der Waals surface area contributed by atoms with E-state index in [0.29, 0.717) is 19.6 Å².